The van der Waals surface area contributed by atoms with Crippen LogP contribution in [0.15, 0.2) is 0 Å². The Hall–Kier alpha value is -0.0800. The number of nitrogens with one attached hydrogen (secondary N) is 1. The van der Waals surface area contributed by atoms with Crippen LogP contribution in [0.4, 0.5) is 0 Å². The van der Waals surface area contributed by atoms with Crippen molar-refractivity contribution in [2.24, 2.45) is 11.8 Å². The van der Waals surface area contributed by atoms with E-state index in [1.807, 2.05) is 6.92 Å². The molecule has 0 aromatic rings. The van der Waals surface area contributed by atoms with Crippen LogP contribution in [0.5, 0.6) is 0 Å². The first-order valence-electron chi connectivity index (χ1n) is 7.17. The van der Waals surface area contributed by atoms with Crippen LogP contribution in [-0.4, -0.2) is 23.8 Å². The van der Waals surface area contributed by atoms with Crippen LogP contribution in [0, 0.1) is 11.8 Å². The third-order valence-corrected chi connectivity index (χ3v) is 4.53. The van der Waals surface area contributed by atoms with Crippen molar-refractivity contribution in [2.75, 3.05) is 6.54 Å². The average Bonchev–Trinajstić information content (AvgIpc) is 2.28. The minimum Gasteiger partial charge on any atom is -0.393 e. The highest BCUT2D eigenvalue weighted by atomic mass is 16.3. The molecule has 0 aliphatic heterocycles. The molecule has 4 atom stereocenters. The molecule has 0 bridgehead atoms. The molecule has 16 heavy (non-hydrogen) atoms. The zero-order valence-corrected chi connectivity index (χ0v) is 10.6. The van der Waals surface area contributed by atoms with E-state index in [1.54, 1.807) is 0 Å². The smallest absolute Gasteiger partial charge is 0.0524 e. The van der Waals surface area contributed by atoms with Crippen LogP contribution in [0.25, 0.3) is 0 Å². The highest BCUT2D eigenvalue weighted by molar-refractivity contribution is 4.86. The SMILES string of the molecule is CC(O)CCNC1CCC2CCCCC2C1. The van der Waals surface area contributed by atoms with E-state index >= 15 is 0 Å². The zero-order chi connectivity index (χ0) is 11.4. The topological polar surface area (TPSA) is 32.3 Å². The van der Waals surface area contributed by atoms with E-state index in [2.05, 4.69) is 5.32 Å². The van der Waals surface area contributed by atoms with Crippen molar-refractivity contribution >= 4 is 0 Å². The molecule has 0 aromatic heterocycles. The molecule has 2 aliphatic rings. The van der Waals surface area contributed by atoms with Gasteiger partial charge in [-0.3, -0.25) is 0 Å². The van der Waals surface area contributed by atoms with E-state index < -0.39 is 0 Å². The van der Waals surface area contributed by atoms with Gasteiger partial charge in [0, 0.05) is 6.04 Å². The molecule has 0 spiro atoms. The number of fused-ring (bicyclic) bond motifs is 1. The van der Waals surface area contributed by atoms with Gasteiger partial charge in [-0.1, -0.05) is 25.7 Å². The number of hydrogen-bond acceptors (Lipinski definition) is 2. The zero-order valence-electron chi connectivity index (χ0n) is 10.6. The van der Waals surface area contributed by atoms with Crippen molar-refractivity contribution in [3.8, 4) is 0 Å². The van der Waals surface area contributed by atoms with Gasteiger partial charge in [0.05, 0.1) is 6.10 Å². The lowest BCUT2D eigenvalue weighted by molar-refractivity contribution is 0.138. The summed E-state index contributed by atoms with van der Waals surface area (Å²) in [7, 11) is 0. The Kier molecular flexibility index (Phi) is 4.66. The first-order chi connectivity index (χ1) is 7.75. The van der Waals surface area contributed by atoms with Crippen LogP contribution < -0.4 is 5.32 Å². The molecule has 0 heterocycles. The Morgan fingerprint density at radius 3 is 2.62 bits per heavy atom. The molecule has 4 unspecified atom stereocenters. The molecule has 0 radical (unpaired) electrons. The molecule has 94 valence electrons. The molecule has 2 fully saturated rings. The third-order valence-electron chi connectivity index (χ3n) is 4.53. The third kappa shape index (κ3) is 3.46. The van der Waals surface area contributed by atoms with Crippen LogP contribution in [0.2, 0.25) is 0 Å². The van der Waals surface area contributed by atoms with Crippen LogP contribution in [0.1, 0.15) is 58.3 Å². The quantitative estimate of drug-likeness (QED) is 0.771. The Balaban J connectivity index is 1.68. The maximum Gasteiger partial charge on any atom is 0.0524 e. The van der Waals surface area contributed by atoms with Gasteiger partial charge in [0.2, 0.25) is 0 Å². The summed E-state index contributed by atoms with van der Waals surface area (Å²) in [4.78, 5) is 0. The average molecular weight is 225 g/mol. The maximum absolute atomic E-state index is 9.23. The van der Waals surface area contributed by atoms with Gasteiger partial charge in [0.15, 0.2) is 0 Å². The summed E-state index contributed by atoms with van der Waals surface area (Å²) in [6.45, 7) is 2.86. The first kappa shape index (κ1) is 12.4. The first-order valence-corrected chi connectivity index (χ1v) is 7.17. The summed E-state index contributed by atoms with van der Waals surface area (Å²) in [6, 6.07) is 0.734. The van der Waals surface area contributed by atoms with Crippen molar-refractivity contribution in [3.63, 3.8) is 0 Å². The van der Waals surface area contributed by atoms with E-state index in [-0.39, 0.29) is 6.10 Å². The summed E-state index contributed by atoms with van der Waals surface area (Å²) >= 11 is 0. The lowest BCUT2D eigenvalue weighted by Gasteiger charge is -2.39. The molecule has 2 rings (SSSR count). The minimum atomic E-state index is -0.154. The van der Waals surface area contributed by atoms with Gasteiger partial charge in [-0.25, -0.2) is 0 Å². The summed E-state index contributed by atoms with van der Waals surface area (Å²) in [5.74, 6) is 2.05. The van der Waals surface area contributed by atoms with E-state index in [0.29, 0.717) is 0 Å². The monoisotopic (exact) mass is 225 g/mol. The number of aliphatic hydroxyl groups excluding tert-OH is 1. The van der Waals surface area contributed by atoms with Gasteiger partial charge < -0.3 is 10.4 Å². The summed E-state index contributed by atoms with van der Waals surface area (Å²) in [6.07, 6.45) is 10.8. The van der Waals surface area contributed by atoms with Crippen molar-refractivity contribution in [1.29, 1.82) is 0 Å². The predicted octanol–water partition coefficient (Wildman–Crippen LogP) is 2.71. The number of rotatable bonds is 4. The standard InChI is InChI=1S/C14H27NO/c1-11(16)8-9-15-14-7-6-12-4-2-3-5-13(12)10-14/h11-16H,2-10H2,1H3. The fourth-order valence-electron chi connectivity index (χ4n) is 3.56. The van der Waals surface area contributed by atoms with Crippen LogP contribution in [-0.2, 0) is 0 Å². The Labute approximate surface area is 99.8 Å². The van der Waals surface area contributed by atoms with E-state index in [9.17, 15) is 5.11 Å². The molecular formula is C14H27NO. The normalized spacial score (nSPS) is 36.8. The Morgan fingerprint density at radius 1 is 1.12 bits per heavy atom. The Bertz CT molecular complexity index is 205. The van der Waals surface area contributed by atoms with Gasteiger partial charge in [-0.15, -0.1) is 0 Å². The largest absolute Gasteiger partial charge is 0.393 e. The minimum absolute atomic E-state index is 0.154. The lowest BCUT2D eigenvalue weighted by Crippen LogP contribution is -2.39. The van der Waals surface area contributed by atoms with Crippen LogP contribution >= 0.6 is 0 Å². The second-order valence-electron chi connectivity index (χ2n) is 5.91. The second-order valence-corrected chi connectivity index (χ2v) is 5.91. The van der Waals surface area contributed by atoms with E-state index in [1.165, 1.54) is 44.9 Å². The number of hydrogen-bond donors (Lipinski definition) is 2. The predicted molar refractivity (Wildman–Crippen MR) is 67.4 cm³/mol. The Morgan fingerprint density at radius 2 is 1.88 bits per heavy atom. The maximum atomic E-state index is 9.23. The van der Waals surface area contributed by atoms with Crippen molar-refractivity contribution < 1.29 is 5.11 Å². The molecule has 2 aliphatic carbocycles. The molecule has 2 N–H and O–H groups in total. The molecule has 0 saturated heterocycles. The van der Waals surface area contributed by atoms with Crippen LogP contribution in [0.3, 0.4) is 0 Å². The molecule has 0 amide bonds. The summed E-state index contributed by atoms with van der Waals surface area (Å²) < 4.78 is 0. The van der Waals surface area contributed by atoms with Gasteiger partial charge in [-0.2, -0.15) is 0 Å². The van der Waals surface area contributed by atoms with Crippen molar-refractivity contribution in [2.45, 2.75) is 70.4 Å². The van der Waals surface area contributed by atoms with Crippen molar-refractivity contribution in [1.82, 2.24) is 5.32 Å². The fraction of sp³-hybridized carbons (Fsp3) is 1.00. The second kappa shape index (κ2) is 6.02. The lowest BCUT2D eigenvalue weighted by atomic mass is 9.69. The highest BCUT2D eigenvalue weighted by Crippen LogP contribution is 2.40. The fourth-order valence-corrected chi connectivity index (χ4v) is 3.56. The van der Waals surface area contributed by atoms with E-state index in [0.717, 1.165) is 30.8 Å². The number of aliphatic hydroxyl groups is 1. The molecule has 2 saturated carbocycles. The summed E-state index contributed by atoms with van der Waals surface area (Å²) in [5.41, 5.74) is 0. The summed E-state index contributed by atoms with van der Waals surface area (Å²) in [5, 5.41) is 12.9. The molecule has 2 nitrogen and oxygen atoms in total. The molecule has 0 aromatic carbocycles. The van der Waals surface area contributed by atoms with Gasteiger partial charge in [0.1, 0.15) is 0 Å². The van der Waals surface area contributed by atoms with Crippen molar-refractivity contribution in [3.05, 3.63) is 0 Å². The van der Waals surface area contributed by atoms with E-state index in [4.69, 9.17) is 0 Å². The molecular weight excluding hydrogens is 198 g/mol. The van der Waals surface area contributed by atoms with Gasteiger partial charge >= 0.3 is 0 Å². The van der Waals surface area contributed by atoms with Gasteiger partial charge in [0.25, 0.3) is 0 Å². The highest BCUT2D eigenvalue weighted by Gasteiger charge is 2.31. The molecule has 2 heteroatoms. The van der Waals surface area contributed by atoms with Gasteiger partial charge in [-0.05, 0) is 51.0 Å².